The van der Waals surface area contributed by atoms with Gasteiger partial charge in [0.2, 0.25) is 5.91 Å². The molecule has 7 heteroatoms. The van der Waals surface area contributed by atoms with E-state index in [-0.39, 0.29) is 18.2 Å². The lowest BCUT2D eigenvalue weighted by Gasteiger charge is -2.49. The summed E-state index contributed by atoms with van der Waals surface area (Å²) in [5.74, 6) is 0.689. The number of para-hydroxylation sites is 1. The molecular weight excluding hydrogens is 360 g/mol. The van der Waals surface area contributed by atoms with Crippen molar-refractivity contribution in [3.8, 4) is 5.75 Å². The summed E-state index contributed by atoms with van der Waals surface area (Å²) in [5.41, 5.74) is 0.778. The lowest BCUT2D eigenvalue weighted by Crippen LogP contribution is -2.57. The minimum Gasteiger partial charge on any atom is -0.487 e. The van der Waals surface area contributed by atoms with E-state index in [1.807, 2.05) is 38.1 Å². The number of amides is 1. The topological polar surface area (TPSA) is 81.9 Å². The molecule has 2 aromatic carbocycles. The number of hydrogen-bond donors (Lipinski definition) is 0. The molecule has 4 rings (SSSR count). The Morgan fingerprint density at radius 3 is 2.57 bits per heavy atom. The van der Waals surface area contributed by atoms with Gasteiger partial charge in [-0.2, -0.15) is 0 Å². The summed E-state index contributed by atoms with van der Waals surface area (Å²) in [4.78, 5) is 24.7. The van der Waals surface area contributed by atoms with Crippen LogP contribution in [-0.2, 0) is 21.7 Å². The van der Waals surface area contributed by atoms with Crippen LogP contribution < -0.4 is 4.74 Å². The third-order valence-corrected chi connectivity index (χ3v) is 5.27. The maximum Gasteiger partial charge on any atom is 0.269 e. The number of morpholine rings is 1. The van der Waals surface area contributed by atoms with Gasteiger partial charge in [0.1, 0.15) is 23.6 Å². The van der Waals surface area contributed by atoms with Crippen molar-refractivity contribution in [2.45, 2.75) is 38.0 Å². The van der Waals surface area contributed by atoms with Gasteiger partial charge in [0, 0.05) is 30.7 Å². The zero-order valence-corrected chi connectivity index (χ0v) is 15.9. The molecule has 1 saturated heterocycles. The van der Waals surface area contributed by atoms with Crippen LogP contribution in [0.5, 0.6) is 5.75 Å². The number of rotatable bonds is 3. The van der Waals surface area contributed by atoms with Crippen LogP contribution in [0.3, 0.4) is 0 Å². The highest BCUT2D eigenvalue weighted by Gasteiger charge is 2.50. The maximum atomic E-state index is 12.5. The molecule has 0 radical (unpaired) electrons. The first-order valence-electron chi connectivity index (χ1n) is 9.22. The van der Waals surface area contributed by atoms with Crippen LogP contribution in [0.15, 0.2) is 48.5 Å². The number of non-ortho nitro benzene ring substituents is 1. The second-order valence-electron chi connectivity index (χ2n) is 7.99. The minimum atomic E-state index is -0.632. The number of nitro groups is 1. The normalized spacial score (nSPS) is 23.2. The van der Waals surface area contributed by atoms with Crippen molar-refractivity contribution in [2.75, 3.05) is 13.2 Å². The van der Waals surface area contributed by atoms with Crippen molar-refractivity contribution in [1.82, 2.24) is 4.90 Å². The van der Waals surface area contributed by atoms with Crippen LogP contribution in [0.25, 0.3) is 0 Å². The molecule has 0 saturated carbocycles. The molecule has 0 N–H and O–H groups in total. The van der Waals surface area contributed by atoms with Gasteiger partial charge in [-0.15, -0.1) is 0 Å². The number of hydrogen-bond acceptors (Lipinski definition) is 5. The van der Waals surface area contributed by atoms with Gasteiger partial charge in [-0.05, 0) is 25.5 Å². The molecule has 1 unspecified atom stereocenters. The SMILES string of the molecule is CC1(C)CC2(CN(Cc3ccc([N+](=O)[O-])cc3)C(=O)CO2)c2ccccc2O1. The maximum absolute atomic E-state index is 12.5. The lowest BCUT2D eigenvalue weighted by molar-refractivity contribution is -0.384. The van der Waals surface area contributed by atoms with E-state index < -0.39 is 16.1 Å². The number of carbonyl (C=O) groups excluding carboxylic acids is 1. The minimum absolute atomic E-state index is 0.00258. The van der Waals surface area contributed by atoms with Gasteiger partial charge < -0.3 is 14.4 Å². The number of benzene rings is 2. The molecule has 146 valence electrons. The van der Waals surface area contributed by atoms with Gasteiger partial charge >= 0.3 is 0 Å². The van der Waals surface area contributed by atoms with Crippen LogP contribution >= 0.6 is 0 Å². The highest BCUT2D eigenvalue weighted by molar-refractivity contribution is 5.78. The summed E-state index contributed by atoms with van der Waals surface area (Å²) < 4.78 is 12.3. The van der Waals surface area contributed by atoms with Gasteiger partial charge in [0.15, 0.2) is 0 Å². The van der Waals surface area contributed by atoms with Crippen LogP contribution in [0.1, 0.15) is 31.4 Å². The fraction of sp³-hybridized carbons (Fsp3) is 0.381. The van der Waals surface area contributed by atoms with Crippen molar-refractivity contribution in [3.63, 3.8) is 0 Å². The zero-order valence-electron chi connectivity index (χ0n) is 15.9. The molecule has 28 heavy (non-hydrogen) atoms. The van der Waals surface area contributed by atoms with Gasteiger partial charge in [0.05, 0.1) is 11.5 Å². The van der Waals surface area contributed by atoms with E-state index in [1.165, 1.54) is 12.1 Å². The molecular formula is C21H22N2O5. The summed E-state index contributed by atoms with van der Waals surface area (Å²) in [6.45, 7) is 4.83. The first kappa shape index (κ1) is 18.4. The Hall–Kier alpha value is -2.93. The second kappa shape index (κ2) is 6.60. The average Bonchev–Trinajstić information content (AvgIpc) is 2.64. The molecule has 2 aromatic rings. The molecule has 2 heterocycles. The molecule has 1 fully saturated rings. The molecule has 0 aliphatic carbocycles. The number of carbonyl (C=O) groups is 1. The molecule has 0 aromatic heterocycles. The third kappa shape index (κ3) is 3.33. The molecule has 2 aliphatic rings. The van der Waals surface area contributed by atoms with Crippen LogP contribution in [-0.4, -0.2) is 34.5 Å². The van der Waals surface area contributed by atoms with E-state index in [9.17, 15) is 14.9 Å². The van der Waals surface area contributed by atoms with E-state index in [0.717, 1.165) is 16.9 Å². The van der Waals surface area contributed by atoms with E-state index in [2.05, 4.69) is 0 Å². The van der Waals surface area contributed by atoms with Gasteiger partial charge in [-0.3, -0.25) is 14.9 Å². The Labute approximate surface area is 163 Å². The van der Waals surface area contributed by atoms with Crippen molar-refractivity contribution in [3.05, 3.63) is 69.8 Å². The Bertz CT molecular complexity index is 925. The predicted octanol–water partition coefficient (Wildman–Crippen LogP) is 3.41. The third-order valence-electron chi connectivity index (χ3n) is 5.27. The zero-order chi connectivity index (χ0) is 19.9. The van der Waals surface area contributed by atoms with Crippen molar-refractivity contribution >= 4 is 11.6 Å². The van der Waals surface area contributed by atoms with Gasteiger partial charge in [-0.1, -0.05) is 30.3 Å². The number of nitrogens with zero attached hydrogens (tertiary/aromatic N) is 2. The molecule has 1 amide bonds. The van der Waals surface area contributed by atoms with Crippen LogP contribution in [0, 0.1) is 10.1 Å². The number of nitro benzene ring substituents is 1. The van der Waals surface area contributed by atoms with E-state index in [4.69, 9.17) is 9.47 Å². The number of fused-ring (bicyclic) bond motifs is 2. The molecule has 1 atom stereocenters. The highest BCUT2D eigenvalue weighted by Crippen LogP contribution is 2.47. The monoisotopic (exact) mass is 382 g/mol. The summed E-state index contributed by atoms with van der Waals surface area (Å²) >= 11 is 0. The highest BCUT2D eigenvalue weighted by atomic mass is 16.6. The van der Waals surface area contributed by atoms with Crippen LogP contribution in [0.4, 0.5) is 5.69 Å². The van der Waals surface area contributed by atoms with Gasteiger partial charge in [0.25, 0.3) is 5.69 Å². The quantitative estimate of drug-likeness (QED) is 0.600. The van der Waals surface area contributed by atoms with Crippen molar-refractivity contribution in [2.24, 2.45) is 0 Å². The Kier molecular flexibility index (Phi) is 4.34. The fourth-order valence-electron chi connectivity index (χ4n) is 4.14. The smallest absolute Gasteiger partial charge is 0.269 e. The lowest BCUT2D eigenvalue weighted by atomic mass is 9.79. The Morgan fingerprint density at radius 2 is 1.86 bits per heavy atom. The molecule has 7 nitrogen and oxygen atoms in total. The second-order valence-corrected chi connectivity index (χ2v) is 7.99. The standard InChI is InChI=1S/C21H22N2O5/c1-20(2)13-21(17-5-3-4-6-18(17)28-20)14-22(19(24)12-27-21)11-15-7-9-16(10-8-15)23(25)26/h3-10H,11-14H2,1-2H3. The largest absolute Gasteiger partial charge is 0.487 e. The van der Waals surface area contributed by atoms with E-state index >= 15 is 0 Å². The van der Waals surface area contributed by atoms with Crippen LogP contribution in [0.2, 0.25) is 0 Å². The Balaban J connectivity index is 1.63. The summed E-state index contributed by atoms with van der Waals surface area (Å²) in [5, 5.41) is 10.8. The first-order chi connectivity index (χ1) is 13.3. The molecule has 2 aliphatic heterocycles. The number of ether oxygens (including phenoxy) is 2. The molecule has 0 bridgehead atoms. The van der Waals surface area contributed by atoms with Crippen molar-refractivity contribution in [1.29, 1.82) is 0 Å². The van der Waals surface area contributed by atoms with E-state index in [0.29, 0.717) is 19.5 Å². The first-order valence-corrected chi connectivity index (χ1v) is 9.22. The van der Waals surface area contributed by atoms with Crippen molar-refractivity contribution < 1.29 is 19.2 Å². The molecule has 1 spiro atoms. The Morgan fingerprint density at radius 1 is 1.14 bits per heavy atom. The fourth-order valence-corrected chi connectivity index (χ4v) is 4.14. The van der Waals surface area contributed by atoms with E-state index in [1.54, 1.807) is 17.0 Å². The van der Waals surface area contributed by atoms with Gasteiger partial charge in [-0.25, -0.2) is 0 Å². The summed E-state index contributed by atoms with van der Waals surface area (Å²) in [7, 11) is 0. The summed E-state index contributed by atoms with van der Waals surface area (Å²) in [6.07, 6.45) is 0.626. The summed E-state index contributed by atoms with van der Waals surface area (Å²) in [6, 6.07) is 14.1. The average molecular weight is 382 g/mol. The predicted molar refractivity (Wildman–Crippen MR) is 102 cm³/mol.